The maximum atomic E-state index is 13.1. The maximum absolute atomic E-state index is 13.1. The molecule has 0 aromatic heterocycles. The van der Waals surface area contributed by atoms with Crippen LogP contribution in [0.25, 0.3) is 0 Å². The molecule has 1 aliphatic heterocycles. The van der Waals surface area contributed by atoms with Gasteiger partial charge < -0.3 is 9.80 Å². The van der Waals surface area contributed by atoms with E-state index in [9.17, 15) is 18.0 Å². The minimum atomic E-state index is -4.34. The van der Waals surface area contributed by atoms with Crippen LogP contribution in [0.3, 0.4) is 0 Å². The minimum Gasteiger partial charge on any atom is -0.360 e. The Labute approximate surface area is 216 Å². The molecule has 35 heavy (non-hydrogen) atoms. The number of benzene rings is 3. The Morgan fingerprint density at radius 2 is 1.69 bits per heavy atom. The first-order valence-corrected chi connectivity index (χ1v) is 12.6. The highest BCUT2D eigenvalue weighted by atomic mass is 35.5. The SMILES string of the molecule is Cc1ccc(N2CCN(C(=O)Cc3ccc(SC(F)(F)F)cc3)CC2c2ccc(Cl)cc2)c(Cl)c1. The zero-order valence-electron chi connectivity index (χ0n) is 18.9. The van der Waals surface area contributed by atoms with Crippen molar-refractivity contribution in [2.45, 2.75) is 29.8 Å². The molecule has 3 aromatic carbocycles. The van der Waals surface area contributed by atoms with Gasteiger partial charge in [-0.25, -0.2) is 0 Å². The van der Waals surface area contributed by atoms with E-state index in [2.05, 4.69) is 4.90 Å². The Bertz CT molecular complexity index is 1190. The number of carbonyl (C=O) groups excluding carboxylic acids is 1. The highest BCUT2D eigenvalue weighted by Gasteiger charge is 2.32. The van der Waals surface area contributed by atoms with E-state index in [1.54, 1.807) is 17.0 Å². The van der Waals surface area contributed by atoms with Crippen molar-refractivity contribution in [2.24, 2.45) is 0 Å². The van der Waals surface area contributed by atoms with E-state index >= 15 is 0 Å². The van der Waals surface area contributed by atoms with Gasteiger partial charge >= 0.3 is 5.51 Å². The van der Waals surface area contributed by atoms with Gasteiger partial charge in [0.15, 0.2) is 0 Å². The van der Waals surface area contributed by atoms with Gasteiger partial charge in [-0.3, -0.25) is 4.79 Å². The summed E-state index contributed by atoms with van der Waals surface area (Å²) in [6.45, 7) is 3.53. The van der Waals surface area contributed by atoms with Crippen molar-refractivity contribution < 1.29 is 18.0 Å². The smallest absolute Gasteiger partial charge is 0.360 e. The largest absolute Gasteiger partial charge is 0.446 e. The van der Waals surface area contributed by atoms with Gasteiger partial charge in [-0.05, 0) is 71.8 Å². The minimum absolute atomic E-state index is 0.0742. The lowest BCUT2D eigenvalue weighted by Crippen LogP contribution is -2.51. The first-order valence-electron chi connectivity index (χ1n) is 11.0. The van der Waals surface area contributed by atoms with Crippen LogP contribution in [-0.2, 0) is 11.2 Å². The number of nitrogens with zero attached hydrogens (tertiary/aromatic N) is 2. The van der Waals surface area contributed by atoms with Crippen LogP contribution >= 0.6 is 35.0 Å². The topological polar surface area (TPSA) is 23.6 Å². The molecule has 0 bridgehead atoms. The van der Waals surface area contributed by atoms with Crippen LogP contribution in [-0.4, -0.2) is 35.9 Å². The summed E-state index contributed by atoms with van der Waals surface area (Å²) in [4.78, 5) is 17.2. The number of hydrogen-bond acceptors (Lipinski definition) is 3. The zero-order chi connectivity index (χ0) is 25.2. The number of alkyl halides is 3. The lowest BCUT2D eigenvalue weighted by molar-refractivity contribution is -0.131. The molecule has 1 unspecified atom stereocenters. The summed E-state index contributed by atoms with van der Waals surface area (Å²) in [7, 11) is 0. The van der Waals surface area contributed by atoms with E-state index in [-0.39, 0.29) is 35.0 Å². The first-order chi connectivity index (χ1) is 16.6. The Kier molecular flexibility index (Phi) is 7.89. The summed E-state index contributed by atoms with van der Waals surface area (Å²) in [5.41, 5.74) is -0.684. The number of amides is 1. The number of aryl methyl sites for hydroxylation is 1. The molecular weight excluding hydrogens is 516 g/mol. The average Bonchev–Trinajstić information content (AvgIpc) is 2.80. The van der Waals surface area contributed by atoms with Gasteiger partial charge in [0.1, 0.15) is 0 Å². The fourth-order valence-electron chi connectivity index (χ4n) is 4.21. The number of piperazine rings is 1. The molecule has 1 heterocycles. The van der Waals surface area contributed by atoms with Crippen molar-refractivity contribution in [2.75, 3.05) is 24.5 Å². The average molecular weight is 539 g/mol. The third-order valence-corrected chi connectivity index (χ3v) is 7.21. The van der Waals surface area contributed by atoms with Gasteiger partial charge in [-0.2, -0.15) is 13.2 Å². The van der Waals surface area contributed by atoms with Crippen LogP contribution in [0.1, 0.15) is 22.7 Å². The van der Waals surface area contributed by atoms with E-state index in [4.69, 9.17) is 23.2 Å². The van der Waals surface area contributed by atoms with Gasteiger partial charge in [0, 0.05) is 29.6 Å². The number of rotatable bonds is 5. The maximum Gasteiger partial charge on any atom is 0.446 e. The van der Waals surface area contributed by atoms with Gasteiger partial charge in [-0.1, -0.05) is 53.5 Å². The van der Waals surface area contributed by atoms with Crippen molar-refractivity contribution in [1.82, 2.24) is 4.90 Å². The molecule has 1 aliphatic rings. The zero-order valence-corrected chi connectivity index (χ0v) is 21.2. The van der Waals surface area contributed by atoms with Crippen molar-refractivity contribution >= 4 is 46.6 Å². The molecule has 0 saturated carbocycles. The van der Waals surface area contributed by atoms with E-state index < -0.39 is 5.51 Å². The molecule has 0 radical (unpaired) electrons. The molecule has 184 valence electrons. The summed E-state index contributed by atoms with van der Waals surface area (Å²) in [6.07, 6.45) is 0.121. The number of hydrogen-bond donors (Lipinski definition) is 0. The van der Waals surface area contributed by atoms with Gasteiger partial charge in [0.2, 0.25) is 5.91 Å². The number of halogens is 5. The molecule has 1 saturated heterocycles. The van der Waals surface area contributed by atoms with Crippen LogP contribution in [0.4, 0.5) is 18.9 Å². The predicted octanol–water partition coefficient (Wildman–Crippen LogP) is 7.55. The number of thioether (sulfide) groups is 1. The standard InChI is InChI=1S/C26H23Cl2F3N2OS/c1-17-2-11-23(22(28)14-17)33-13-12-32(16-24(33)19-5-7-20(27)8-6-19)25(34)15-18-3-9-21(10-4-18)35-26(29,30)31/h2-11,14,24H,12-13,15-16H2,1H3. The predicted molar refractivity (Wildman–Crippen MR) is 136 cm³/mol. The van der Waals surface area contributed by atoms with Crippen LogP contribution in [0.5, 0.6) is 0 Å². The Morgan fingerprint density at radius 1 is 1.00 bits per heavy atom. The highest BCUT2D eigenvalue weighted by molar-refractivity contribution is 8.00. The third kappa shape index (κ3) is 6.66. The summed E-state index contributed by atoms with van der Waals surface area (Å²) in [5, 5.41) is 1.28. The normalized spacial score (nSPS) is 16.5. The molecule has 0 aliphatic carbocycles. The van der Waals surface area contributed by atoms with E-state index in [1.165, 1.54) is 12.1 Å². The van der Waals surface area contributed by atoms with Crippen molar-refractivity contribution in [1.29, 1.82) is 0 Å². The molecule has 3 aromatic rings. The molecule has 3 nitrogen and oxygen atoms in total. The van der Waals surface area contributed by atoms with Gasteiger partial charge in [0.25, 0.3) is 0 Å². The van der Waals surface area contributed by atoms with Crippen molar-refractivity contribution in [3.63, 3.8) is 0 Å². The fraction of sp³-hybridized carbons (Fsp3) is 0.269. The molecule has 4 rings (SSSR count). The summed E-state index contributed by atoms with van der Waals surface area (Å²) < 4.78 is 37.7. The third-order valence-electron chi connectivity index (χ3n) is 5.91. The van der Waals surface area contributed by atoms with Crippen LogP contribution in [0.15, 0.2) is 71.6 Å². The van der Waals surface area contributed by atoms with Crippen LogP contribution < -0.4 is 4.90 Å². The molecule has 9 heteroatoms. The summed E-state index contributed by atoms with van der Waals surface area (Å²) >= 11 is 12.5. The van der Waals surface area contributed by atoms with Gasteiger partial charge in [-0.15, -0.1) is 0 Å². The Balaban J connectivity index is 1.52. The lowest BCUT2D eigenvalue weighted by atomic mass is 10.00. The van der Waals surface area contributed by atoms with Crippen molar-refractivity contribution in [3.8, 4) is 0 Å². The number of carbonyl (C=O) groups is 1. The van der Waals surface area contributed by atoms with E-state index in [1.807, 2.05) is 49.4 Å². The molecular formula is C26H23Cl2F3N2OS. The summed E-state index contributed by atoms with van der Waals surface area (Å²) in [5.74, 6) is -0.0742. The Hall–Kier alpha value is -2.35. The highest BCUT2D eigenvalue weighted by Crippen LogP contribution is 2.38. The molecule has 0 N–H and O–H groups in total. The second-order valence-corrected chi connectivity index (χ2v) is 10.4. The van der Waals surface area contributed by atoms with Crippen molar-refractivity contribution in [3.05, 3.63) is 93.5 Å². The molecule has 1 atom stereocenters. The summed E-state index contributed by atoms with van der Waals surface area (Å²) in [6, 6.07) is 19.3. The van der Waals surface area contributed by atoms with Crippen LogP contribution in [0.2, 0.25) is 10.0 Å². The monoisotopic (exact) mass is 538 g/mol. The number of anilines is 1. The molecule has 1 fully saturated rings. The second-order valence-electron chi connectivity index (χ2n) is 8.42. The van der Waals surface area contributed by atoms with Crippen LogP contribution in [0, 0.1) is 6.92 Å². The van der Waals surface area contributed by atoms with Gasteiger partial charge in [0.05, 0.1) is 23.2 Å². The second kappa shape index (κ2) is 10.7. The Morgan fingerprint density at radius 3 is 2.31 bits per heavy atom. The quantitative estimate of drug-likeness (QED) is 0.313. The first kappa shape index (κ1) is 25.7. The molecule has 0 spiro atoms. The molecule has 1 amide bonds. The fourth-order valence-corrected chi connectivity index (χ4v) is 5.22. The van der Waals surface area contributed by atoms with E-state index in [0.717, 1.165) is 16.8 Å². The lowest BCUT2D eigenvalue weighted by Gasteiger charge is -2.43. The van der Waals surface area contributed by atoms with E-state index in [0.29, 0.717) is 35.2 Å².